The van der Waals surface area contributed by atoms with E-state index in [1.165, 1.54) is 24.4 Å². The molecule has 1 N–H and O–H groups in total. The Labute approximate surface area is 72.5 Å². The van der Waals surface area contributed by atoms with Gasteiger partial charge < -0.3 is 0 Å². The Balaban J connectivity index is 2.10. The zero-order chi connectivity index (χ0) is 7.23. The average Bonchev–Trinajstić information content (AvgIpc) is 2.03. The molecular formula is C8H14LiN. The van der Waals surface area contributed by atoms with Crippen LogP contribution in [0.25, 0.3) is 0 Å². The molecule has 1 unspecified atom stereocenters. The molecule has 0 aliphatic carbocycles. The van der Waals surface area contributed by atoms with Crippen LogP contribution in [-0.4, -0.2) is 30.3 Å². The van der Waals surface area contributed by atoms with Crippen LogP contribution in [0.15, 0.2) is 12.2 Å². The van der Waals surface area contributed by atoms with E-state index in [2.05, 4.69) is 35.2 Å². The molecule has 0 spiro atoms. The molecule has 1 aliphatic heterocycles. The summed E-state index contributed by atoms with van der Waals surface area (Å²) < 4.78 is 0. The molecule has 52 valence electrons. The van der Waals surface area contributed by atoms with Gasteiger partial charge in [0.1, 0.15) is 0 Å². The SMILES string of the molecule is [Li][CH2]CCC1CC=CCN1. The van der Waals surface area contributed by atoms with Gasteiger partial charge in [-0.1, -0.05) is 0 Å². The fourth-order valence-corrected chi connectivity index (χ4v) is 1.33. The fraction of sp³-hybridized carbons (Fsp3) is 0.750. The molecule has 0 saturated heterocycles. The zero-order valence-electron chi connectivity index (χ0n) is 6.77. The molecule has 1 nitrogen and oxygen atoms in total. The van der Waals surface area contributed by atoms with E-state index in [1.54, 1.807) is 0 Å². The van der Waals surface area contributed by atoms with Crippen LogP contribution in [0.4, 0.5) is 0 Å². The third kappa shape index (κ3) is 2.92. The molecule has 0 aromatic heterocycles. The molecule has 2 heteroatoms. The van der Waals surface area contributed by atoms with Crippen molar-refractivity contribution in [3.05, 3.63) is 12.2 Å². The van der Waals surface area contributed by atoms with Crippen LogP contribution < -0.4 is 5.32 Å². The standard InChI is InChI=1S/C8H14N.Li/c1-2-5-8-6-3-4-7-9-8;/h3-4,8-9H,1-2,5-7H2;. The first-order valence-electron chi connectivity index (χ1n) is 4.32. The summed E-state index contributed by atoms with van der Waals surface area (Å²) in [7, 11) is 0. The van der Waals surface area contributed by atoms with Crippen molar-refractivity contribution in [2.45, 2.75) is 30.4 Å². The Hall–Kier alpha value is 0.297. The van der Waals surface area contributed by atoms with E-state index in [0.29, 0.717) is 0 Å². The summed E-state index contributed by atoms with van der Waals surface area (Å²) in [4.78, 5) is 0. The van der Waals surface area contributed by atoms with Crippen molar-refractivity contribution < 1.29 is 0 Å². The van der Waals surface area contributed by atoms with Crippen LogP contribution in [0.5, 0.6) is 0 Å². The maximum absolute atomic E-state index is 3.47. The first kappa shape index (κ1) is 8.39. The summed E-state index contributed by atoms with van der Waals surface area (Å²) in [6, 6.07) is 0.768. The summed E-state index contributed by atoms with van der Waals surface area (Å²) >= 11 is 2.25. The van der Waals surface area contributed by atoms with Crippen molar-refractivity contribution >= 4 is 17.7 Å². The predicted molar refractivity (Wildman–Crippen MR) is 45.3 cm³/mol. The van der Waals surface area contributed by atoms with E-state index in [0.717, 1.165) is 12.6 Å². The van der Waals surface area contributed by atoms with Crippen molar-refractivity contribution in [1.82, 2.24) is 5.32 Å². The van der Waals surface area contributed by atoms with Crippen LogP contribution in [0.1, 0.15) is 19.3 Å². The summed E-state index contributed by atoms with van der Waals surface area (Å²) in [6.45, 7) is 1.08. The summed E-state index contributed by atoms with van der Waals surface area (Å²) in [5.41, 5.74) is 0. The number of rotatable bonds is 3. The van der Waals surface area contributed by atoms with Gasteiger partial charge >= 0.3 is 72.1 Å². The summed E-state index contributed by atoms with van der Waals surface area (Å²) in [5, 5.41) is 4.79. The van der Waals surface area contributed by atoms with Crippen LogP contribution in [0, 0.1) is 0 Å². The van der Waals surface area contributed by atoms with Gasteiger partial charge in [-0.25, -0.2) is 0 Å². The summed E-state index contributed by atoms with van der Waals surface area (Å²) in [6.07, 6.45) is 8.45. The van der Waals surface area contributed by atoms with Gasteiger partial charge in [0, 0.05) is 0 Å². The molecule has 0 bridgehead atoms. The summed E-state index contributed by atoms with van der Waals surface area (Å²) in [5.74, 6) is 0. The third-order valence-electron chi connectivity index (χ3n) is 2.02. The van der Waals surface area contributed by atoms with Gasteiger partial charge in [0.25, 0.3) is 0 Å². The molecule has 0 aromatic carbocycles. The first-order valence-corrected chi connectivity index (χ1v) is 4.32. The zero-order valence-corrected chi connectivity index (χ0v) is 6.77. The van der Waals surface area contributed by atoms with Gasteiger partial charge in [-0.05, 0) is 0 Å². The Bertz CT molecular complexity index is 112. The molecule has 1 heterocycles. The quantitative estimate of drug-likeness (QED) is 0.449. The second kappa shape index (κ2) is 5.02. The van der Waals surface area contributed by atoms with E-state index < -0.39 is 0 Å². The fourth-order valence-electron chi connectivity index (χ4n) is 1.33. The molecule has 10 heavy (non-hydrogen) atoms. The molecule has 1 rings (SSSR count). The van der Waals surface area contributed by atoms with Gasteiger partial charge in [-0.3, -0.25) is 0 Å². The monoisotopic (exact) mass is 131 g/mol. The van der Waals surface area contributed by atoms with Crippen molar-refractivity contribution in [2.24, 2.45) is 0 Å². The van der Waals surface area contributed by atoms with E-state index in [9.17, 15) is 0 Å². The van der Waals surface area contributed by atoms with Gasteiger partial charge in [0.2, 0.25) is 0 Å². The Kier molecular flexibility index (Phi) is 4.21. The normalized spacial score (nSPS) is 25.2. The number of nitrogens with one attached hydrogen (secondary N) is 1. The van der Waals surface area contributed by atoms with E-state index in [-0.39, 0.29) is 0 Å². The second-order valence-corrected chi connectivity index (χ2v) is 2.95. The van der Waals surface area contributed by atoms with Gasteiger partial charge in [-0.2, -0.15) is 0 Å². The number of hydrogen-bond acceptors (Lipinski definition) is 1. The minimum atomic E-state index is 0.768. The van der Waals surface area contributed by atoms with E-state index >= 15 is 0 Å². The molecule has 1 atom stereocenters. The van der Waals surface area contributed by atoms with Crippen molar-refractivity contribution in [3.63, 3.8) is 0 Å². The van der Waals surface area contributed by atoms with E-state index in [1.807, 2.05) is 0 Å². The minimum absolute atomic E-state index is 0.768. The van der Waals surface area contributed by atoms with Crippen LogP contribution in [-0.2, 0) is 0 Å². The molecular weight excluding hydrogens is 117 g/mol. The van der Waals surface area contributed by atoms with Crippen molar-refractivity contribution in [2.75, 3.05) is 6.54 Å². The maximum atomic E-state index is 3.47. The predicted octanol–water partition coefficient (Wildman–Crippen LogP) is 1.27. The molecule has 0 aromatic rings. The van der Waals surface area contributed by atoms with Gasteiger partial charge in [0.05, 0.1) is 0 Å². The number of hydrogen-bond donors (Lipinski definition) is 1. The molecule has 0 amide bonds. The Morgan fingerprint density at radius 2 is 2.40 bits per heavy atom. The van der Waals surface area contributed by atoms with Crippen LogP contribution in [0.2, 0.25) is 5.09 Å². The average molecular weight is 131 g/mol. The molecule has 1 aliphatic rings. The third-order valence-corrected chi connectivity index (χ3v) is 2.02. The van der Waals surface area contributed by atoms with E-state index in [4.69, 9.17) is 0 Å². The topological polar surface area (TPSA) is 12.0 Å². The van der Waals surface area contributed by atoms with Crippen molar-refractivity contribution in [1.29, 1.82) is 0 Å². The Morgan fingerprint density at radius 1 is 1.50 bits per heavy atom. The molecule has 0 saturated carbocycles. The van der Waals surface area contributed by atoms with Crippen LogP contribution >= 0.6 is 0 Å². The molecule has 0 fully saturated rings. The van der Waals surface area contributed by atoms with Crippen LogP contribution in [0.3, 0.4) is 0 Å². The first-order chi connectivity index (χ1) is 4.93. The van der Waals surface area contributed by atoms with Crippen molar-refractivity contribution in [3.8, 4) is 0 Å². The molecule has 0 radical (unpaired) electrons. The van der Waals surface area contributed by atoms with Gasteiger partial charge in [0.15, 0.2) is 0 Å². The van der Waals surface area contributed by atoms with Gasteiger partial charge in [-0.15, -0.1) is 0 Å². The Morgan fingerprint density at radius 3 is 3.00 bits per heavy atom. The second-order valence-electron chi connectivity index (χ2n) is 2.95.